The number of primary amides is 1. The van der Waals surface area contributed by atoms with E-state index in [1.807, 2.05) is 26.0 Å². The molecule has 2 rings (SSSR count). The third kappa shape index (κ3) is 2.76. The maximum atomic E-state index is 11.3. The second-order valence-corrected chi connectivity index (χ2v) is 5.56. The minimum absolute atomic E-state index is 0.131. The molecule has 1 aromatic carbocycles. The van der Waals surface area contributed by atoms with Gasteiger partial charge in [0, 0.05) is 5.56 Å². The molecule has 108 valence electrons. The number of carbonyl (C=O) groups is 1. The van der Waals surface area contributed by atoms with E-state index < -0.39 is 0 Å². The maximum Gasteiger partial charge on any atom is 0.223 e. The number of nitrogens with two attached hydrogens (primary N) is 1. The van der Waals surface area contributed by atoms with Gasteiger partial charge in [0.05, 0.1) is 31.9 Å². The molecule has 1 aliphatic heterocycles. The van der Waals surface area contributed by atoms with Crippen LogP contribution in [0.2, 0.25) is 0 Å². The molecule has 1 aromatic rings. The van der Waals surface area contributed by atoms with E-state index in [9.17, 15) is 4.79 Å². The van der Waals surface area contributed by atoms with E-state index in [1.165, 1.54) is 0 Å². The zero-order chi connectivity index (χ0) is 14.9. The Bertz CT molecular complexity index is 577. The second-order valence-electron chi connectivity index (χ2n) is 5.56. The van der Waals surface area contributed by atoms with Gasteiger partial charge < -0.3 is 15.2 Å². The molecule has 1 aliphatic rings. The quantitative estimate of drug-likeness (QED) is 0.909. The Hall–Kier alpha value is -2.04. The molecule has 0 unspecified atom stereocenters. The van der Waals surface area contributed by atoms with Crippen LogP contribution in [0.3, 0.4) is 0 Å². The number of amides is 1. The molecule has 0 aliphatic carbocycles. The van der Waals surface area contributed by atoms with Crippen molar-refractivity contribution in [2.75, 3.05) is 14.2 Å². The highest BCUT2D eigenvalue weighted by Gasteiger charge is 2.28. The smallest absolute Gasteiger partial charge is 0.223 e. The lowest BCUT2D eigenvalue weighted by atomic mass is 9.85. The van der Waals surface area contributed by atoms with Crippen LogP contribution in [0.15, 0.2) is 17.1 Å². The predicted molar refractivity (Wildman–Crippen MR) is 77.7 cm³/mol. The number of nitrogens with zero attached hydrogens (tertiary/aromatic N) is 1. The van der Waals surface area contributed by atoms with Crippen molar-refractivity contribution in [2.24, 2.45) is 10.7 Å². The van der Waals surface area contributed by atoms with Gasteiger partial charge in [-0.05, 0) is 38.0 Å². The van der Waals surface area contributed by atoms with Crippen molar-refractivity contribution in [1.29, 1.82) is 0 Å². The van der Waals surface area contributed by atoms with Crippen LogP contribution in [0, 0.1) is 0 Å². The van der Waals surface area contributed by atoms with E-state index >= 15 is 0 Å². The fourth-order valence-corrected chi connectivity index (χ4v) is 2.57. The topological polar surface area (TPSA) is 73.9 Å². The van der Waals surface area contributed by atoms with Gasteiger partial charge in [-0.3, -0.25) is 9.79 Å². The Morgan fingerprint density at radius 2 is 1.90 bits per heavy atom. The van der Waals surface area contributed by atoms with Gasteiger partial charge in [-0.15, -0.1) is 0 Å². The zero-order valence-electron chi connectivity index (χ0n) is 12.3. The SMILES string of the molecule is COc1cc2c(cc1OC)C(CC(N)=O)=NC(C)(C)C2. The number of rotatable bonds is 4. The van der Waals surface area contributed by atoms with Gasteiger partial charge in [0.25, 0.3) is 0 Å². The summed E-state index contributed by atoms with van der Waals surface area (Å²) in [5.41, 5.74) is 7.79. The summed E-state index contributed by atoms with van der Waals surface area (Å²) in [5, 5.41) is 0. The van der Waals surface area contributed by atoms with Gasteiger partial charge in [0.1, 0.15) is 0 Å². The highest BCUT2D eigenvalue weighted by Crippen LogP contribution is 2.36. The Kier molecular flexibility index (Phi) is 3.70. The van der Waals surface area contributed by atoms with Gasteiger partial charge in [0.2, 0.25) is 5.91 Å². The minimum atomic E-state index is -0.387. The summed E-state index contributed by atoms with van der Waals surface area (Å²) in [7, 11) is 3.19. The number of benzene rings is 1. The Labute approximate surface area is 118 Å². The van der Waals surface area contributed by atoms with Crippen LogP contribution in [-0.4, -0.2) is 31.4 Å². The first-order chi connectivity index (χ1) is 9.36. The monoisotopic (exact) mass is 276 g/mol. The molecule has 5 heteroatoms. The van der Waals surface area contributed by atoms with E-state index in [4.69, 9.17) is 15.2 Å². The van der Waals surface area contributed by atoms with Gasteiger partial charge in [-0.25, -0.2) is 0 Å². The van der Waals surface area contributed by atoms with Gasteiger partial charge >= 0.3 is 0 Å². The Morgan fingerprint density at radius 1 is 1.30 bits per heavy atom. The number of hydrogen-bond acceptors (Lipinski definition) is 4. The fourth-order valence-electron chi connectivity index (χ4n) is 2.57. The average molecular weight is 276 g/mol. The van der Waals surface area contributed by atoms with Crippen molar-refractivity contribution in [3.8, 4) is 11.5 Å². The van der Waals surface area contributed by atoms with Crippen LogP contribution >= 0.6 is 0 Å². The number of methoxy groups -OCH3 is 2. The van der Waals surface area contributed by atoms with Gasteiger partial charge in [0.15, 0.2) is 11.5 Å². The van der Waals surface area contributed by atoms with Crippen LogP contribution in [0.4, 0.5) is 0 Å². The van der Waals surface area contributed by atoms with E-state index in [-0.39, 0.29) is 17.9 Å². The van der Waals surface area contributed by atoms with E-state index in [2.05, 4.69) is 4.99 Å². The molecule has 0 spiro atoms. The summed E-state index contributed by atoms with van der Waals surface area (Å²) in [6.45, 7) is 4.07. The van der Waals surface area contributed by atoms with Crippen molar-refractivity contribution in [2.45, 2.75) is 32.2 Å². The molecule has 2 N–H and O–H groups in total. The van der Waals surface area contributed by atoms with Crippen molar-refractivity contribution < 1.29 is 14.3 Å². The summed E-state index contributed by atoms with van der Waals surface area (Å²) in [4.78, 5) is 15.9. The van der Waals surface area contributed by atoms with E-state index in [1.54, 1.807) is 14.2 Å². The number of carbonyl (C=O) groups excluding carboxylic acids is 1. The first-order valence-electron chi connectivity index (χ1n) is 6.48. The third-order valence-corrected chi connectivity index (χ3v) is 3.32. The van der Waals surface area contributed by atoms with Crippen molar-refractivity contribution in [3.63, 3.8) is 0 Å². The lowest BCUT2D eigenvalue weighted by molar-refractivity contribution is -0.116. The molecular formula is C15H20N2O3. The van der Waals surface area contributed by atoms with Crippen LogP contribution in [-0.2, 0) is 11.2 Å². The fraction of sp³-hybridized carbons (Fsp3) is 0.467. The standard InChI is InChI=1S/C15H20N2O3/c1-15(2)8-9-5-12(19-3)13(20-4)6-10(9)11(17-15)7-14(16)18/h5-6H,7-8H2,1-4H3,(H2,16,18). The van der Waals surface area contributed by atoms with Crippen molar-refractivity contribution in [1.82, 2.24) is 0 Å². The van der Waals surface area contributed by atoms with Gasteiger partial charge in [-0.1, -0.05) is 0 Å². The first kappa shape index (κ1) is 14.4. The number of fused-ring (bicyclic) bond motifs is 1. The Morgan fingerprint density at radius 3 is 2.45 bits per heavy atom. The number of hydrogen-bond donors (Lipinski definition) is 1. The Balaban J connectivity index is 2.57. The lowest BCUT2D eigenvalue weighted by Gasteiger charge is -2.29. The molecule has 0 saturated carbocycles. The highest BCUT2D eigenvalue weighted by molar-refractivity contribution is 6.12. The molecule has 0 radical (unpaired) electrons. The summed E-state index contributed by atoms with van der Waals surface area (Å²) < 4.78 is 10.6. The third-order valence-electron chi connectivity index (χ3n) is 3.32. The first-order valence-corrected chi connectivity index (χ1v) is 6.48. The van der Waals surface area contributed by atoms with E-state index in [0.29, 0.717) is 17.2 Å². The zero-order valence-corrected chi connectivity index (χ0v) is 12.3. The van der Waals surface area contributed by atoms with Crippen LogP contribution in [0.5, 0.6) is 11.5 Å². The lowest BCUT2D eigenvalue weighted by Crippen LogP contribution is -2.31. The van der Waals surface area contributed by atoms with Crippen LogP contribution in [0.25, 0.3) is 0 Å². The molecule has 5 nitrogen and oxygen atoms in total. The molecule has 1 amide bonds. The largest absolute Gasteiger partial charge is 0.493 e. The van der Waals surface area contributed by atoms with Crippen molar-refractivity contribution >= 4 is 11.6 Å². The minimum Gasteiger partial charge on any atom is -0.493 e. The molecule has 0 saturated heterocycles. The van der Waals surface area contributed by atoms with Gasteiger partial charge in [-0.2, -0.15) is 0 Å². The predicted octanol–water partition coefficient (Wildman–Crippen LogP) is 1.70. The van der Waals surface area contributed by atoms with E-state index in [0.717, 1.165) is 17.5 Å². The van der Waals surface area contributed by atoms with Crippen LogP contribution < -0.4 is 15.2 Å². The molecule has 0 bridgehead atoms. The number of aliphatic imine (C=N–C) groups is 1. The summed E-state index contributed by atoms with van der Waals surface area (Å²) >= 11 is 0. The van der Waals surface area contributed by atoms with Crippen LogP contribution in [0.1, 0.15) is 31.4 Å². The molecule has 0 fully saturated rings. The number of ether oxygens (including phenoxy) is 2. The molecule has 0 aromatic heterocycles. The molecule has 20 heavy (non-hydrogen) atoms. The normalized spacial score (nSPS) is 16.1. The maximum absolute atomic E-state index is 11.3. The summed E-state index contributed by atoms with van der Waals surface area (Å²) in [5.74, 6) is 0.924. The highest BCUT2D eigenvalue weighted by atomic mass is 16.5. The second kappa shape index (κ2) is 5.15. The molecule has 0 atom stereocenters. The van der Waals surface area contributed by atoms with Crippen molar-refractivity contribution in [3.05, 3.63) is 23.3 Å². The molecule has 1 heterocycles. The summed E-state index contributed by atoms with van der Waals surface area (Å²) in [6.07, 6.45) is 0.914. The average Bonchev–Trinajstić information content (AvgIpc) is 2.35. The summed E-state index contributed by atoms with van der Waals surface area (Å²) in [6, 6.07) is 3.82. The molecular weight excluding hydrogens is 256 g/mol.